The maximum Gasteiger partial charge on any atom is 0.325 e. The van der Waals surface area contributed by atoms with Crippen LogP contribution in [0.2, 0.25) is 0 Å². The van der Waals surface area contributed by atoms with Crippen molar-refractivity contribution in [3.63, 3.8) is 0 Å². The average molecular weight is 268 g/mol. The second-order valence-corrected chi connectivity index (χ2v) is 4.19. The highest BCUT2D eigenvalue weighted by molar-refractivity contribution is 5.83. The van der Waals surface area contributed by atoms with Crippen LogP contribution in [0, 0.1) is 13.8 Å². The molecule has 106 valence electrons. The molecular formula is C13H20N2O4. The summed E-state index contributed by atoms with van der Waals surface area (Å²) in [6, 6.07) is 0. The highest BCUT2D eigenvalue weighted by Crippen LogP contribution is 2.14. The molecule has 0 saturated carbocycles. The smallest absolute Gasteiger partial charge is 0.325 e. The molecule has 0 fully saturated rings. The molecule has 0 spiro atoms. The van der Waals surface area contributed by atoms with Gasteiger partial charge in [-0.3, -0.25) is 9.59 Å². The Kier molecular flexibility index (Phi) is 5.54. The van der Waals surface area contributed by atoms with Crippen LogP contribution >= 0.6 is 0 Å². The fourth-order valence-electron chi connectivity index (χ4n) is 1.76. The Morgan fingerprint density at radius 2 is 2.00 bits per heavy atom. The quantitative estimate of drug-likeness (QED) is 0.726. The number of carbonyl (C=O) groups is 2. The Labute approximate surface area is 112 Å². The van der Waals surface area contributed by atoms with Crippen molar-refractivity contribution in [1.82, 2.24) is 10.1 Å². The Morgan fingerprint density at radius 1 is 1.32 bits per heavy atom. The molecule has 0 N–H and O–H groups in total. The number of carbonyl (C=O) groups excluding carboxylic acids is 2. The van der Waals surface area contributed by atoms with Crippen LogP contribution in [0.4, 0.5) is 0 Å². The van der Waals surface area contributed by atoms with Crippen LogP contribution in [0.3, 0.4) is 0 Å². The first-order valence-electron chi connectivity index (χ1n) is 6.34. The van der Waals surface area contributed by atoms with Gasteiger partial charge in [-0.15, -0.1) is 0 Å². The number of hydrogen-bond acceptors (Lipinski definition) is 5. The van der Waals surface area contributed by atoms with Crippen LogP contribution in [-0.2, 0) is 20.7 Å². The van der Waals surface area contributed by atoms with Crippen molar-refractivity contribution in [2.45, 2.75) is 34.1 Å². The molecule has 6 nitrogen and oxygen atoms in total. The van der Waals surface area contributed by atoms with Crippen LogP contribution in [0.25, 0.3) is 0 Å². The van der Waals surface area contributed by atoms with E-state index in [1.165, 1.54) is 4.90 Å². The summed E-state index contributed by atoms with van der Waals surface area (Å²) in [6.07, 6.45) is 0.189. The van der Waals surface area contributed by atoms with E-state index in [0.717, 1.165) is 5.56 Å². The summed E-state index contributed by atoms with van der Waals surface area (Å²) in [6.45, 7) is 7.87. The molecule has 0 saturated heterocycles. The lowest BCUT2D eigenvalue weighted by Gasteiger charge is -2.19. The number of aromatic nitrogens is 1. The van der Waals surface area contributed by atoms with Crippen molar-refractivity contribution >= 4 is 11.9 Å². The molecule has 0 aliphatic heterocycles. The maximum absolute atomic E-state index is 12.1. The fourth-order valence-corrected chi connectivity index (χ4v) is 1.76. The van der Waals surface area contributed by atoms with Crippen molar-refractivity contribution in [2.24, 2.45) is 0 Å². The third-order valence-electron chi connectivity index (χ3n) is 2.87. The van der Waals surface area contributed by atoms with Gasteiger partial charge < -0.3 is 14.2 Å². The number of likely N-dealkylation sites (N-methyl/N-ethyl adjacent to an activating group) is 1. The van der Waals surface area contributed by atoms with Crippen LogP contribution in [0.15, 0.2) is 4.52 Å². The molecule has 0 aromatic carbocycles. The van der Waals surface area contributed by atoms with Gasteiger partial charge in [0, 0.05) is 12.1 Å². The standard InChI is InChI=1S/C13H20N2O4/c1-5-15(8-13(17)18-6-2)12(16)7-11-9(3)14-19-10(11)4/h5-8H2,1-4H3. The van der Waals surface area contributed by atoms with Gasteiger partial charge in [-0.25, -0.2) is 0 Å². The predicted octanol–water partition coefficient (Wildman–Crippen LogP) is 1.25. The summed E-state index contributed by atoms with van der Waals surface area (Å²) in [5, 5.41) is 3.81. The molecule has 19 heavy (non-hydrogen) atoms. The predicted molar refractivity (Wildman–Crippen MR) is 68.6 cm³/mol. The zero-order valence-corrected chi connectivity index (χ0v) is 11.9. The first-order valence-corrected chi connectivity index (χ1v) is 6.34. The van der Waals surface area contributed by atoms with Crippen molar-refractivity contribution in [2.75, 3.05) is 19.7 Å². The molecular weight excluding hydrogens is 248 g/mol. The summed E-state index contributed by atoms with van der Waals surface area (Å²) in [7, 11) is 0. The van der Waals surface area contributed by atoms with E-state index in [9.17, 15) is 9.59 Å². The van der Waals surface area contributed by atoms with Crippen molar-refractivity contribution in [3.05, 3.63) is 17.0 Å². The highest BCUT2D eigenvalue weighted by Gasteiger charge is 2.20. The summed E-state index contributed by atoms with van der Waals surface area (Å²) in [5.74, 6) is 0.111. The van der Waals surface area contributed by atoms with Crippen LogP contribution in [-0.4, -0.2) is 41.6 Å². The average Bonchev–Trinajstić information content (AvgIpc) is 2.68. The third-order valence-corrected chi connectivity index (χ3v) is 2.87. The lowest BCUT2D eigenvalue weighted by Crippen LogP contribution is -2.37. The van der Waals surface area contributed by atoms with Gasteiger partial charge in [0.2, 0.25) is 5.91 Å². The number of amides is 1. The Hall–Kier alpha value is -1.85. The molecule has 0 aliphatic rings. The SMILES string of the molecule is CCOC(=O)CN(CC)C(=O)Cc1c(C)noc1C. The molecule has 1 amide bonds. The lowest BCUT2D eigenvalue weighted by atomic mass is 10.1. The van der Waals surface area contributed by atoms with Crippen LogP contribution in [0.5, 0.6) is 0 Å². The first kappa shape index (κ1) is 15.2. The molecule has 0 radical (unpaired) electrons. The second kappa shape index (κ2) is 6.92. The minimum absolute atomic E-state index is 0.0213. The lowest BCUT2D eigenvalue weighted by molar-refractivity contribution is -0.148. The monoisotopic (exact) mass is 268 g/mol. The number of aryl methyl sites for hydroxylation is 2. The molecule has 1 aromatic rings. The Morgan fingerprint density at radius 3 is 2.47 bits per heavy atom. The van der Waals surface area contributed by atoms with Gasteiger partial charge in [-0.2, -0.15) is 0 Å². The van der Waals surface area contributed by atoms with E-state index in [1.807, 2.05) is 6.92 Å². The van der Waals surface area contributed by atoms with Gasteiger partial charge in [0.15, 0.2) is 0 Å². The maximum atomic E-state index is 12.1. The largest absolute Gasteiger partial charge is 0.465 e. The van der Waals surface area contributed by atoms with Gasteiger partial charge in [0.1, 0.15) is 12.3 Å². The van der Waals surface area contributed by atoms with Gasteiger partial charge in [0.05, 0.1) is 18.7 Å². The summed E-state index contributed by atoms with van der Waals surface area (Å²) in [4.78, 5) is 25.0. The van der Waals surface area contributed by atoms with E-state index in [0.29, 0.717) is 24.6 Å². The molecule has 0 unspecified atom stereocenters. The number of esters is 1. The van der Waals surface area contributed by atoms with E-state index >= 15 is 0 Å². The van der Waals surface area contributed by atoms with Gasteiger partial charge in [-0.1, -0.05) is 5.16 Å². The molecule has 6 heteroatoms. The summed E-state index contributed by atoms with van der Waals surface area (Å²) >= 11 is 0. The van der Waals surface area contributed by atoms with Crippen molar-refractivity contribution < 1.29 is 18.8 Å². The minimum Gasteiger partial charge on any atom is -0.465 e. The van der Waals surface area contributed by atoms with Crippen molar-refractivity contribution in [3.8, 4) is 0 Å². The normalized spacial score (nSPS) is 10.3. The van der Waals surface area contributed by atoms with Gasteiger partial charge in [-0.05, 0) is 27.7 Å². The van der Waals surface area contributed by atoms with Gasteiger partial charge in [0.25, 0.3) is 0 Å². The molecule has 1 heterocycles. The number of nitrogens with zero attached hydrogens (tertiary/aromatic N) is 2. The fraction of sp³-hybridized carbons (Fsp3) is 0.615. The third kappa shape index (κ3) is 4.08. The first-order chi connectivity index (χ1) is 8.99. The molecule has 1 rings (SSSR count). The topological polar surface area (TPSA) is 72.6 Å². The minimum atomic E-state index is -0.392. The van der Waals surface area contributed by atoms with Crippen LogP contribution in [0.1, 0.15) is 30.9 Å². The number of hydrogen-bond donors (Lipinski definition) is 0. The summed E-state index contributed by atoms with van der Waals surface area (Å²) in [5.41, 5.74) is 1.49. The van der Waals surface area contributed by atoms with E-state index in [1.54, 1.807) is 20.8 Å². The number of rotatable bonds is 6. The van der Waals surface area contributed by atoms with E-state index in [2.05, 4.69) is 5.16 Å². The van der Waals surface area contributed by atoms with E-state index < -0.39 is 5.97 Å². The molecule has 0 atom stereocenters. The zero-order chi connectivity index (χ0) is 14.4. The van der Waals surface area contributed by atoms with Crippen LogP contribution < -0.4 is 0 Å². The van der Waals surface area contributed by atoms with Crippen molar-refractivity contribution in [1.29, 1.82) is 0 Å². The van der Waals surface area contributed by atoms with E-state index in [-0.39, 0.29) is 18.9 Å². The summed E-state index contributed by atoms with van der Waals surface area (Å²) < 4.78 is 9.86. The molecule has 0 bridgehead atoms. The van der Waals surface area contributed by atoms with Gasteiger partial charge >= 0.3 is 5.97 Å². The molecule has 0 aliphatic carbocycles. The Bertz CT molecular complexity index is 434. The van der Waals surface area contributed by atoms with E-state index in [4.69, 9.17) is 9.26 Å². The highest BCUT2D eigenvalue weighted by atomic mass is 16.5. The second-order valence-electron chi connectivity index (χ2n) is 4.19. The number of ether oxygens (including phenoxy) is 1. The Balaban J connectivity index is 2.67. The molecule has 1 aromatic heterocycles. The zero-order valence-electron chi connectivity index (χ0n) is 11.9.